The molecule has 2 saturated carbocycles. The zero-order valence-electron chi connectivity index (χ0n) is 15.7. The summed E-state index contributed by atoms with van der Waals surface area (Å²) in [5.74, 6) is -0.327. The van der Waals surface area contributed by atoms with Gasteiger partial charge in [0.15, 0.2) is 0 Å². The van der Waals surface area contributed by atoms with E-state index in [-0.39, 0.29) is 53.7 Å². The summed E-state index contributed by atoms with van der Waals surface area (Å²) in [5.41, 5.74) is -0.00378. The monoisotopic (exact) mass is 350 g/mol. The van der Waals surface area contributed by atoms with Crippen molar-refractivity contribution in [3.63, 3.8) is 0 Å². The second kappa shape index (κ2) is 6.42. The molecule has 0 amide bonds. The Bertz CT molecular complexity index is 579. The Hall–Kier alpha value is -1.36. The predicted molar refractivity (Wildman–Crippen MR) is 92.5 cm³/mol. The van der Waals surface area contributed by atoms with Crippen molar-refractivity contribution in [3.05, 3.63) is 12.2 Å². The first kappa shape index (κ1) is 18.4. The number of fused-ring (bicyclic) bond motifs is 2. The van der Waals surface area contributed by atoms with Gasteiger partial charge in [0.25, 0.3) is 0 Å². The first-order valence-corrected chi connectivity index (χ1v) is 9.40. The van der Waals surface area contributed by atoms with Crippen LogP contribution in [-0.2, 0) is 19.1 Å². The lowest BCUT2D eigenvalue weighted by molar-refractivity contribution is -0.151. The van der Waals surface area contributed by atoms with Gasteiger partial charge in [-0.3, -0.25) is 9.59 Å². The Labute approximate surface area is 149 Å². The van der Waals surface area contributed by atoms with Crippen LogP contribution in [0, 0.1) is 29.6 Å². The number of aliphatic hydroxyl groups is 1. The summed E-state index contributed by atoms with van der Waals surface area (Å²) in [7, 11) is 0. The van der Waals surface area contributed by atoms with Crippen molar-refractivity contribution in [1.82, 2.24) is 0 Å². The van der Waals surface area contributed by atoms with Gasteiger partial charge in [-0.1, -0.05) is 32.9 Å². The maximum Gasteiger partial charge on any atom is 0.309 e. The average Bonchev–Trinajstić information content (AvgIpc) is 2.79. The summed E-state index contributed by atoms with van der Waals surface area (Å²) in [5, 5.41) is 11.0. The standard InChI is InChI=1S/C20H30O5/c1-10(2)6-17(21)24-16-9-20(5,23)14-8-13-12(4)19(22)25-15(13)7-11(3)18(14)16/h10,12-16,18,23H,3,6-9H2,1-2,4-5H3/t12-,13+,14+,15+,16-,18+,20+/m0/s1. The van der Waals surface area contributed by atoms with E-state index in [0.717, 1.165) is 5.57 Å². The third-order valence-corrected chi connectivity index (χ3v) is 6.32. The molecule has 1 N–H and O–H groups in total. The molecule has 3 rings (SSSR count). The number of rotatable bonds is 3. The van der Waals surface area contributed by atoms with Gasteiger partial charge in [0.2, 0.25) is 0 Å². The lowest BCUT2D eigenvalue weighted by atomic mass is 9.77. The van der Waals surface area contributed by atoms with Crippen LogP contribution in [0.5, 0.6) is 0 Å². The largest absolute Gasteiger partial charge is 0.462 e. The van der Waals surface area contributed by atoms with Crippen molar-refractivity contribution < 1.29 is 24.2 Å². The van der Waals surface area contributed by atoms with E-state index in [1.807, 2.05) is 27.7 Å². The lowest BCUT2D eigenvalue weighted by Gasteiger charge is -2.30. The van der Waals surface area contributed by atoms with Crippen molar-refractivity contribution in [1.29, 1.82) is 0 Å². The van der Waals surface area contributed by atoms with Crippen molar-refractivity contribution in [3.8, 4) is 0 Å². The van der Waals surface area contributed by atoms with Crippen LogP contribution in [0.25, 0.3) is 0 Å². The second-order valence-electron chi connectivity index (χ2n) is 8.85. The van der Waals surface area contributed by atoms with Crippen LogP contribution in [0.2, 0.25) is 0 Å². The van der Waals surface area contributed by atoms with Crippen LogP contribution >= 0.6 is 0 Å². The summed E-state index contributed by atoms with van der Waals surface area (Å²) in [6.07, 6.45) is 1.59. The lowest BCUT2D eigenvalue weighted by Crippen LogP contribution is -2.34. The topological polar surface area (TPSA) is 72.8 Å². The van der Waals surface area contributed by atoms with E-state index in [0.29, 0.717) is 25.7 Å². The van der Waals surface area contributed by atoms with Crippen LogP contribution in [0.3, 0.4) is 0 Å². The number of ether oxygens (including phenoxy) is 2. The zero-order chi connectivity index (χ0) is 18.5. The molecule has 5 nitrogen and oxygen atoms in total. The Morgan fingerprint density at radius 2 is 2.16 bits per heavy atom. The Kier molecular flexibility index (Phi) is 4.73. The molecule has 0 aromatic heterocycles. The molecule has 25 heavy (non-hydrogen) atoms. The van der Waals surface area contributed by atoms with E-state index in [1.165, 1.54) is 0 Å². The molecule has 0 aromatic carbocycles. The number of carbonyl (C=O) groups is 2. The summed E-state index contributed by atoms with van der Waals surface area (Å²) in [6.45, 7) is 11.9. The van der Waals surface area contributed by atoms with Crippen LogP contribution in [0.1, 0.15) is 53.4 Å². The molecule has 0 radical (unpaired) electrons. The van der Waals surface area contributed by atoms with Crippen LogP contribution in [0.15, 0.2) is 12.2 Å². The molecule has 140 valence electrons. The van der Waals surface area contributed by atoms with Gasteiger partial charge in [-0.05, 0) is 25.2 Å². The van der Waals surface area contributed by atoms with E-state index >= 15 is 0 Å². The fraction of sp³-hybridized carbons (Fsp3) is 0.800. The first-order valence-electron chi connectivity index (χ1n) is 9.40. The number of carbonyl (C=O) groups excluding carboxylic acids is 2. The smallest absolute Gasteiger partial charge is 0.309 e. The van der Waals surface area contributed by atoms with E-state index in [9.17, 15) is 14.7 Å². The molecule has 0 spiro atoms. The average molecular weight is 350 g/mol. The van der Waals surface area contributed by atoms with Gasteiger partial charge in [0.05, 0.1) is 11.5 Å². The molecule has 3 fully saturated rings. The number of hydrogen-bond donors (Lipinski definition) is 1. The minimum Gasteiger partial charge on any atom is -0.462 e. The first-order chi connectivity index (χ1) is 11.6. The Morgan fingerprint density at radius 1 is 1.48 bits per heavy atom. The van der Waals surface area contributed by atoms with Gasteiger partial charge in [0, 0.05) is 31.1 Å². The van der Waals surface area contributed by atoms with E-state index in [1.54, 1.807) is 0 Å². The molecule has 1 heterocycles. The van der Waals surface area contributed by atoms with Crippen LogP contribution < -0.4 is 0 Å². The SMILES string of the molecule is C=C1C[C@H]2OC(=O)[C@@H](C)[C@H]2C[C@@H]2[C@@H]1[C@@H](OC(=O)CC(C)C)C[C@@]2(C)O. The molecular formula is C20H30O5. The molecule has 0 unspecified atom stereocenters. The van der Waals surface area contributed by atoms with Gasteiger partial charge in [-0.2, -0.15) is 0 Å². The number of esters is 2. The van der Waals surface area contributed by atoms with Crippen molar-refractivity contribution in [2.75, 3.05) is 0 Å². The van der Waals surface area contributed by atoms with E-state index in [4.69, 9.17) is 9.47 Å². The van der Waals surface area contributed by atoms with Crippen molar-refractivity contribution in [2.45, 2.75) is 71.2 Å². The molecule has 1 aliphatic heterocycles. The maximum atomic E-state index is 12.2. The summed E-state index contributed by atoms with van der Waals surface area (Å²) >= 11 is 0. The molecule has 7 atom stereocenters. The molecule has 1 saturated heterocycles. The van der Waals surface area contributed by atoms with E-state index in [2.05, 4.69) is 6.58 Å². The number of hydrogen-bond acceptors (Lipinski definition) is 5. The van der Waals surface area contributed by atoms with Gasteiger partial charge in [-0.25, -0.2) is 0 Å². The third kappa shape index (κ3) is 3.35. The van der Waals surface area contributed by atoms with Crippen LogP contribution in [0.4, 0.5) is 0 Å². The predicted octanol–water partition coefficient (Wildman–Crippen LogP) is 2.86. The van der Waals surface area contributed by atoms with Crippen molar-refractivity contribution >= 4 is 11.9 Å². The highest BCUT2D eigenvalue weighted by Gasteiger charge is 2.57. The second-order valence-corrected chi connectivity index (χ2v) is 8.85. The fourth-order valence-corrected chi connectivity index (χ4v) is 5.02. The Balaban J connectivity index is 1.82. The summed E-state index contributed by atoms with van der Waals surface area (Å²) in [4.78, 5) is 24.1. The van der Waals surface area contributed by atoms with E-state index < -0.39 is 5.60 Å². The molecule has 2 aliphatic carbocycles. The summed E-state index contributed by atoms with van der Waals surface area (Å²) in [6, 6.07) is 0. The molecule has 0 aromatic rings. The zero-order valence-corrected chi connectivity index (χ0v) is 15.7. The molecule has 3 aliphatic rings. The highest BCUT2D eigenvalue weighted by Crippen LogP contribution is 2.54. The van der Waals surface area contributed by atoms with Gasteiger partial charge in [-0.15, -0.1) is 0 Å². The quantitative estimate of drug-likeness (QED) is 0.626. The van der Waals surface area contributed by atoms with Gasteiger partial charge >= 0.3 is 11.9 Å². The molecular weight excluding hydrogens is 320 g/mol. The minimum atomic E-state index is -0.934. The Morgan fingerprint density at radius 3 is 2.80 bits per heavy atom. The summed E-state index contributed by atoms with van der Waals surface area (Å²) < 4.78 is 11.3. The third-order valence-electron chi connectivity index (χ3n) is 6.32. The minimum absolute atomic E-state index is 0.0659. The molecule has 0 bridgehead atoms. The van der Waals surface area contributed by atoms with Gasteiger partial charge < -0.3 is 14.6 Å². The fourth-order valence-electron chi connectivity index (χ4n) is 5.02. The van der Waals surface area contributed by atoms with Crippen LogP contribution in [-0.4, -0.2) is 34.9 Å². The maximum absolute atomic E-state index is 12.2. The molecule has 5 heteroatoms. The normalized spacial score (nSPS) is 43.4. The van der Waals surface area contributed by atoms with Crippen molar-refractivity contribution in [2.24, 2.45) is 29.6 Å². The van der Waals surface area contributed by atoms with Gasteiger partial charge in [0.1, 0.15) is 12.2 Å². The highest BCUT2D eigenvalue weighted by atomic mass is 16.6. The highest BCUT2D eigenvalue weighted by molar-refractivity contribution is 5.75.